The van der Waals surface area contributed by atoms with Crippen molar-refractivity contribution in [2.24, 2.45) is 5.73 Å². The van der Waals surface area contributed by atoms with Crippen molar-refractivity contribution in [3.8, 4) is 5.75 Å². The largest absolute Gasteiger partial charge is 0.462 e. The summed E-state index contributed by atoms with van der Waals surface area (Å²) < 4.78 is 24.9. The highest BCUT2D eigenvalue weighted by molar-refractivity contribution is 7.16. The number of carbonyl (C=O) groups excluding carboxylic acids is 1. The summed E-state index contributed by atoms with van der Waals surface area (Å²) in [6.45, 7) is 1.82. The topological polar surface area (TPSA) is 78.6 Å². The second-order valence-corrected chi connectivity index (χ2v) is 7.23. The van der Waals surface area contributed by atoms with Crippen LogP contribution in [-0.2, 0) is 9.53 Å². The number of fused-ring (bicyclic) bond motifs is 3. The summed E-state index contributed by atoms with van der Waals surface area (Å²) in [5.74, 6) is -1.70. The van der Waals surface area contributed by atoms with Gasteiger partial charge in [-0.15, -0.1) is 0 Å². The Hall–Kier alpha value is -3.19. The van der Waals surface area contributed by atoms with Gasteiger partial charge in [0.1, 0.15) is 17.1 Å². The van der Waals surface area contributed by atoms with Crippen LogP contribution < -0.4 is 15.2 Å². The summed E-state index contributed by atoms with van der Waals surface area (Å²) in [6.07, 6.45) is 0. The zero-order valence-corrected chi connectivity index (χ0v) is 15.7. The molecule has 5 nitrogen and oxygen atoms in total. The quantitative estimate of drug-likeness (QED) is 0.683. The first kappa shape index (κ1) is 18.2. The van der Waals surface area contributed by atoms with E-state index >= 15 is 0 Å². The fourth-order valence-electron chi connectivity index (χ4n) is 3.36. The van der Waals surface area contributed by atoms with Crippen molar-refractivity contribution in [3.05, 3.63) is 86.5 Å². The molecule has 0 bridgehead atoms. The summed E-state index contributed by atoms with van der Waals surface area (Å²) in [7, 11) is 0. The Labute approximate surface area is 163 Å². The molecule has 2 heterocycles. The van der Waals surface area contributed by atoms with Crippen LogP contribution in [0.15, 0.2) is 64.8 Å². The molecule has 28 heavy (non-hydrogen) atoms. The van der Waals surface area contributed by atoms with Gasteiger partial charge in [0.05, 0.1) is 18.1 Å². The molecular formula is C21H16FNO4S. The maximum Gasteiger partial charge on any atom is 0.340 e. The van der Waals surface area contributed by atoms with Gasteiger partial charge in [0.2, 0.25) is 10.6 Å². The van der Waals surface area contributed by atoms with E-state index in [1.807, 2.05) is 24.3 Å². The zero-order valence-electron chi connectivity index (χ0n) is 14.9. The lowest BCUT2D eigenvalue weighted by atomic mass is 9.83. The summed E-state index contributed by atoms with van der Waals surface area (Å²) in [5.41, 5.74) is 7.00. The second kappa shape index (κ2) is 7.09. The minimum Gasteiger partial charge on any atom is -0.462 e. The first-order chi connectivity index (χ1) is 13.5. The van der Waals surface area contributed by atoms with Gasteiger partial charge in [-0.05, 0) is 36.8 Å². The molecule has 142 valence electrons. The maximum atomic E-state index is 13.5. The van der Waals surface area contributed by atoms with Gasteiger partial charge < -0.3 is 15.2 Å². The summed E-state index contributed by atoms with van der Waals surface area (Å²) in [6, 6.07) is 12.9. The van der Waals surface area contributed by atoms with E-state index in [9.17, 15) is 14.0 Å². The first-order valence-corrected chi connectivity index (χ1v) is 9.48. The molecule has 0 unspecified atom stereocenters. The van der Waals surface area contributed by atoms with Crippen LogP contribution in [0.3, 0.4) is 0 Å². The zero-order chi connectivity index (χ0) is 19.8. The van der Waals surface area contributed by atoms with E-state index in [-0.39, 0.29) is 22.8 Å². The Morgan fingerprint density at radius 1 is 1.21 bits per heavy atom. The van der Waals surface area contributed by atoms with E-state index in [2.05, 4.69) is 0 Å². The highest BCUT2D eigenvalue weighted by Crippen LogP contribution is 2.44. The lowest BCUT2D eigenvalue weighted by Gasteiger charge is -2.28. The molecule has 0 spiro atoms. The highest BCUT2D eigenvalue weighted by atomic mass is 32.1. The smallest absolute Gasteiger partial charge is 0.340 e. The van der Waals surface area contributed by atoms with Gasteiger partial charge >= 0.3 is 5.97 Å². The Morgan fingerprint density at radius 2 is 1.93 bits per heavy atom. The van der Waals surface area contributed by atoms with Crippen molar-refractivity contribution in [1.82, 2.24) is 0 Å². The number of hydrogen-bond donors (Lipinski definition) is 1. The van der Waals surface area contributed by atoms with Crippen molar-refractivity contribution < 1.29 is 18.7 Å². The van der Waals surface area contributed by atoms with Gasteiger partial charge in [0, 0.05) is 10.1 Å². The van der Waals surface area contributed by atoms with Crippen molar-refractivity contribution in [2.45, 2.75) is 12.8 Å². The molecule has 0 fully saturated rings. The average Bonchev–Trinajstić information content (AvgIpc) is 2.68. The fraction of sp³-hybridized carbons (Fsp3) is 0.143. The lowest BCUT2D eigenvalue weighted by molar-refractivity contribution is -0.139. The third-order valence-electron chi connectivity index (χ3n) is 4.55. The van der Waals surface area contributed by atoms with Crippen molar-refractivity contribution in [1.29, 1.82) is 0 Å². The molecule has 1 atom stereocenters. The lowest BCUT2D eigenvalue weighted by Crippen LogP contribution is -2.30. The van der Waals surface area contributed by atoms with E-state index in [0.29, 0.717) is 16.9 Å². The molecule has 1 aliphatic rings. The van der Waals surface area contributed by atoms with Crippen LogP contribution in [-0.4, -0.2) is 12.6 Å². The molecule has 0 saturated heterocycles. The number of carbonyl (C=O) groups is 1. The van der Waals surface area contributed by atoms with Gasteiger partial charge in [0.25, 0.3) is 0 Å². The fourth-order valence-corrected chi connectivity index (χ4v) is 4.30. The van der Waals surface area contributed by atoms with Crippen LogP contribution in [0.4, 0.5) is 4.39 Å². The predicted octanol–water partition coefficient (Wildman–Crippen LogP) is 3.66. The molecule has 7 heteroatoms. The van der Waals surface area contributed by atoms with Crippen LogP contribution in [0.5, 0.6) is 5.75 Å². The molecule has 1 aromatic heterocycles. The van der Waals surface area contributed by atoms with Gasteiger partial charge in [0.15, 0.2) is 0 Å². The van der Waals surface area contributed by atoms with Gasteiger partial charge in [-0.1, -0.05) is 35.6 Å². The van der Waals surface area contributed by atoms with E-state index in [1.165, 1.54) is 24.3 Å². The van der Waals surface area contributed by atoms with E-state index in [1.54, 1.807) is 6.92 Å². The van der Waals surface area contributed by atoms with Crippen LogP contribution in [0.25, 0.3) is 10.1 Å². The molecule has 3 aromatic rings. The van der Waals surface area contributed by atoms with Crippen molar-refractivity contribution in [3.63, 3.8) is 0 Å². The molecule has 0 amide bonds. The number of nitrogens with two attached hydrogens (primary N) is 1. The second-order valence-electron chi connectivity index (χ2n) is 6.21. The number of rotatable bonds is 3. The summed E-state index contributed by atoms with van der Waals surface area (Å²) in [4.78, 5) is 25.6. The Balaban J connectivity index is 2.03. The van der Waals surface area contributed by atoms with Crippen LogP contribution in [0.1, 0.15) is 24.0 Å². The minimum absolute atomic E-state index is 0.0422. The standard InChI is InChI=1S/C21H16FNO4S/c1-2-26-20(24)17-15(11-7-9-12(22)10-8-11)16-18(27-19(17)23)13-5-3-4-6-14(13)28-21(16)25/h3-10,15H,2,23H2,1H3/t15-/m1/s1. The molecule has 4 rings (SSSR count). The summed E-state index contributed by atoms with van der Waals surface area (Å²) in [5, 5.41) is 0.722. The highest BCUT2D eigenvalue weighted by Gasteiger charge is 2.38. The maximum absolute atomic E-state index is 13.5. The predicted molar refractivity (Wildman–Crippen MR) is 105 cm³/mol. The molecule has 2 N–H and O–H groups in total. The number of esters is 1. The van der Waals surface area contributed by atoms with Gasteiger partial charge in [-0.2, -0.15) is 0 Å². The van der Waals surface area contributed by atoms with Gasteiger partial charge in [-0.25, -0.2) is 9.18 Å². The van der Waals surface area contributed by atoms with Crippen molar-refractivity contribution in [2.75, 3.05) is 6.61 Å². The molecule has 0 radical (unpaired) electrons. The SMILES string of the molecule is CCOC(=O)C1=C(N)Oc2c(c(=O)sc3ccccc23)[C@H]1c1ccc(F)cc1. The molecular weight excluding hydrogens is 381 g/mol. The third kappa shape index (κ3) is 2.93. The molecule has 0 aliphatic carbocycles. The Morgan fingerprint density at radius 3 is 2.64 bits per heavy atom. The van der Waals surface area contributed by atoms with Gasteiger partial charge in [-0.3, -0.25) is 4.79 Å². The summed E-state index contributed by atoms with van der Waals surface area (Å²) >= 11 is 1.06. The van der Waals surface area contributed by atoms with Crippen LogP contribution in [0, 0.1) is 5.82 Å². The van der Waals surface area contributed by atoms with E-state index < -0.39 is 17.7 Å². The number of hydrogen-bond acceptors (Lipinski definition) is 6. The number of ether oxygens (including phenoxy) is 2. The first-order valence-electron chi connectivity index (χ1n) is 8.67. The monoisotopic (exact) mass is 397 g/mol. The number of benzene rings is 2. The average molecular weight is 397 g/mol. The third-order valence-corrected chi connectivity index (χ3v) is 5.53. The Kier molecular flexibility index (Phi) is 4.60. The minimum atomic E-state index is -0.809. The van der Waals surface area contributed by atoms with Crippen molar-refractivity contribution >= 4 is 27.4 Å². The number of halogens is 1. The van der Waals surface area contributed by atoms with Crippen LogP contribution in [0.2, 0.25) is 0 Å². The molecule has 0 saturated carbocycles. The Bertz CT molecular complexity index is 1170. The molecule has 1 aliphatic heterocycles. The molecule has 2 aromatic carbocycles. The normalized spacial score (nSPS) is 15.9. The van der Waals surface area contributed by atoms with E-state index in [4.69, 9.17) is 15.2 Å². The van der Waals surface area contributed by atoms with E-state index in [0.717, 1.165) is 21.4 Å². The van der Waals surface area contributed by atoms with Crippen LogP contribution >= 0.6 is 11.3 Å².